The molecule has 0 aliphatic heterocycles. The van der Waals surface area contributed by atoms with Crippen LogP contribution in [0.1, 0.15) is 5.56 Å². The van der Waals surface area contributed by atoms with Gasteiger partial charge in [-0.25, -0.2) is 9.97 Å². The van der Waals surface area contributed by atoms with Gasteiger partial charge in [0.2, 0.25) is 0 Å². The average Bonchev–Trinajstić information content (AvgIpc) is 2.55. The molecule has 1 heterocycles. The van der Waals surface area contributed by atoms with E-state index >= 15 is 0 Å². The summed E-state index contributed by atoms with van der Waals surface area (Å²) in [5.74, 6) is 0.775. The first kappa shape index (κ1) is 14.8. The topological polar surface area (TPSA) is 35.0 Å². The van der Waals surface area contributed by atoms with E-state index in [1.165, 1.54) is 6.33 Å². The Balaban J connectivity index is 1.76. The van der Waals surface area contributed by atoms with E-state index in [4.69, 9.17) is 27.9 Å². The molecule has 0 atom stereocenters. The van der Waals surface area contributed by atoms with Crippen LogP contribution in [0.15, 0.2) is 60.9 Å². The molecule has 0 saturated heterocycles. The standard InChI is InChI=1S/C17H12Cl2N2O/c18-16-15(17(19)21-11-20-16)13-6-8-14(9-7-13)22-10-12-4-2-1-3-5-12/h1-9,11H,10H2. The summed E-state index contributed by atoms with van der Waals surface area (Å²) in [7, 11) is 0. The SMILES string of the molecule is Clc1ncnc(Cl)c1-c1ccc(OCc2ccccc2)cc1. The highest BCUT2D eigenvalue weighted by atomic mass is 35.5. The molecule has 1 aromatic heterocycles. The van der Waals surface area contributed by atoms with Gasteiger partial charge in [-0.3, -0.25) is 0 Å². The highest BCUT2D eigenvalue weighted by Gasteiger charge is 2.10. The van der Waals surface area contributed by atoms with Crippen molar-refractivity contribution in [3.8, 4) is 16.9 Å². The third-order valence-corrected chi connectivity index (χ3v) is 3.72. The Hall–Kier alpha value is -2.10. The lowest BCUT2D eigenvalue weighted by atomic mass is 10.1. The van der Waals surface area contributed by atoms with Crippen molar-refractivity contribution in [2.24, 2.45) is 0 Å². The van der Waals surface area contributed by atoms with Gasteiger partial charge in [0.05, 0.1) is 5.56 Å². The average molecular weight is 331 g/mol. The molecule has 2 aromatic carbocycles. The molecule has 0 saturated carbocycles. The number of ether oxygens (including phenoxy) is 1. The number of rotatable bonds is 4. The fourth-order valence-corrected chi connectivity index (χ4v) is 2.57. The maximum absolute atomic E-state index is 6.08. The van der Waals surface area contributed by atoms with Gasteiger partial charge < -0.3 is 4.74 Å². The molecule has 3 nitrogen and oxygen atoms in total. The lowest BCUT2D eigenvalue weighted by Gasteiger charge is -2.08. The Kier molecular flexibility index (Phi) is 4.56. The molecule has 110 valence electrons. The number of benzene rings is 2. The van der Waals surface area contributed by atoms with Crippen LogP contribution >= 0.6 is 23.2 Å². The Bertz CT molecular complexity index is 741. The highest BCUT2D eigenvalue weighted by molar-refractivity contribution is 6.37. The van der Waals surface area contributed by atoms with Gasteiger partial charge in [-0.1, -0.05) is 65.7 Å². The van der Waals surface area contributed by atoms with Gasteiger partial charge >= 0.3 is 0 Å². The fraction of sp³-hybridized carbons (Fsp3) is 0.0588. The molecule has 3 aromatic rings. The molecule has 0 N–H and O–H groups in total. The van der Waals surface area contributed by atoms with Crippen molar-refractivity contribution in [2.75, 3.05) is 0 Å². The Morgan fingerprint density at radius 2 is 1.45 bits per heavy atom. The van der Waals surface area contributed by atoms with Crippen LogP contribution in [-0.4, -0.2) is 9.97 Å². The Morgan fingerprint density at radius 1 is 0.818 bits per heavy atom. The van der Waals surface area contributed by atoms with Crippen molar-refractivity contribution in [2.45, 2.75) is 6.61 Å². The first-order valence-electron chi connectivity index (χ1n) is 6.67. The van der Waals surface area contributed by atoms with E-state index in [2.05, 4.69) is 9.97 Å². The predicted molar refractivity (Wildman–Crippen MR) is 88.3 cm³/mol. The van der Waals surface area contributed by atoms with E-state index in [1.807, 2.05) is 54.6 Å². The smallest absolute Gasteiger partial charge is 0.141 e. The zero-order valence-electron chi connectivity index (χ0n) is 11.5. The number of hydrogen-bond donors (Lipinski definition) is 0. The van der Waals surface area contributed by atoms with Gasteiger partial charge in [0.15, 0.2) is 0 Å². The molecular weight excluding hydrogens is 319 g/mol. The molecule has 5 heteroatoms. The van der Waals surface area contributed by atoms with Crippen LogP contribution in [0.5, 0.6) is 5.75 Å². The van der Waals surface area contributed by atoms with Crippen molar-refractivity contribution < 1.29 is 4.74 Å². The molecule has 0 bridgehead atoms. The third-order valence-electron chi connectivity index (χ3n) is 3.15. The van der Waals surface area contributed by atoms with Gasteiger partial charge in [-0.05, 0) is 23.3 Å². The number of hydrogen-bond acceptors (Lipinski definition) is 3. The summed E-state index contributed by atoms with van der Waals surface area (Å²) < 4.78 is 5.75. The number of nitrogens with zero attached hydrogens (tertiary/aromatic N) is 2. The molecular formula is C17H12Cl2N2O. The van der Waals surface area contributed by atoms with Gasteiger partial charge in [0.1, 0.15) is 29.0 Å². The van der Waals surface area contributed by atoms with Crippen molar-refractivity contribution >= 4 is 23.2 Å². The summed E-state index contributed by atoms with van der Waals surface area (Å²) in [6.45, 7) is 0.524. The van der Waals surface area contributed by atoms with Crippen molar-refractivity contribution in [1.82, 2.24) is 9.97 Å². The minimum atomic E-state index is 0.331. The molecule has 0 fully saturated rings. The lowest BCUT2D eigenvalue weighted by Crippen LogP contribution is -1.95. The van der Waals surface area contributed by atoms with Crippen LogP contribution in [0, 0.1) is 0 Å². The first-order valence-corrected chi connectivity index (χ1v) is 7.43. The van der Waals surface area contributed by atoms with Gasteiger partial charge in [0, 0.05) is 0 Å². The second-order valence-corrected chi connectivity index (χ2v) is 5.34. The van der Waals surface area contributed by atoms with E-state index in [1.54, 1.807) is 0 Å². The predicted octanol–water partition coefficient (Wildman–Crippen LogP) is 5.03. The van der Waals surface area contributed by atoms with Crippen LogP contribution in [0.2, 0.25) is 10.3 Å². The molecule has 0 amide bonds. The largest absolute Gasteiger partial charge is 0.489 e. The normalized spacial score (nSPS) is 10.5. The molecule has 0 aliphatic rings. The quantitative estimate of drug-likeness (QED) is 0.629. The summed E-state index contributed by atoms with van der Waals surface area (Å²) in [6.07, 6.45) is 1.34. The second-order valence-electron chi connectivity index (χ2n) is 4.63. The van der Waals surface area contributed by atoms with Crippen LogP contribution in [0.3, 0.4) is 0 Å². The van der Waals surface area contributed by atoms with Gasteiger partial charge in [0.25, 0.3) is 0 Å². The molecule has 3 rings (SSSR count). The second kappa shape index (κ2) is 6.77. The van der Waals surface area contributed by atoms with E-state index in [-0.39, 0.29) is 0 Å². The van der Waals surface area contributed by atoms with E-state index in [0.29, 0.717) is 22.5 Å². The zero-order valence-corrected chi connectivity index (χ0v) is 13.1. The minimum absolute atomic E-state index is 0.331. The monoisotopic (exact) mass is 330 g/mol. The highest BCUT2D eigenvalue weighted by Crippen LogP contribution is 2.32. The molecule has 0 aliphatic carbocycles. The van der Waals surface area contributed by atoms with Crippen LogP contribution in [-0.2, 0) is 6.61 Å². The lowest BCUT2D eigenvalue weighted by molar-refractivity contribution is 0.306. The third kappa shape index (κ3) is 3.38. The van der Waals surface area contributed by atoms with Gasteiger partial charge in [-0.2, -0.15) is 0 Å². The first-order chi connectivity index (χ1) is 10.7. The summed E-state index contributed by atoms with van der Waals surface area (Å²) in [5, 5.41) is 0.663. The molecule has 22 heavy (non-hydrogen) atoms. The molecule has 0 spiro atoms. The fourth-order valence-electron chi connectivity index (χ4n) is 2.04. The van der Waals surface area contributed by atoms with Crippen LogP contribution in [0.25, 0.3) is 11.1 Å². The van der Waals surface area contributed by atoms with E-state index in [0.717, 1.165) is 16.9 Å². The van der Waals surface area contributed by atoms with Crippen molar-refractivity contribution in [3.63, 3.8) is 0 Å². The summed E-state index contributed by atoms with van der Waals surface area (Å²) >= 11 is 12.2. The summed E-state index contributed by atoms with van der Waals surface area (Å²) in [5.41, 5.74) is 2.59. The molecule has 0 radical (unpaired) electrons. The number of halogens is 2. The van der Waals surface area contributed by atoms with Crippen molar-refractivity contribution in [3.05, 3.63) is 76.8 Å². The zero-order chi connectivity index (χ0) is 15.4. The van der Waals surface area contributed by atoms with E-state index < -0.39 is 0 Å². The molecule has 0 unspecified atom stereocenters. The van der Waals surface area contributed by atoms with Crippen molar-refractivity contribution in [1.29, 1.82) is 0 Å². The summed E-state index contributed by atoms with van der Waals surface area (Å²) in [6, 6.07) is 17.5. The van der Waals surface area contributed by atoms with Crippen LogP contribution in [0.4, 0.5) is 0 Å². The maximum Gasteiger partial charge on any atom is 0.141 e. The van der Waals surface area contributed by atoms with Gasteiger partial charge in [-0.15, -0.1) is 0 Å². The Labute approximate surface area is 138 Å². The van der Waals surface area contributed by atoms with Crippen LogP contribution < -0.4 is 4.74 Å². The Morgan fingerprint density at radius 3 is 2.09 bits per heavy atom. The van der Waals surface area contributed by atoms with E-state index in [9.17, 15) is 0 Å². The summed E-state index contributed by atoms with van der Waals surface area (Å²) in [4.78, 5) is 7.91. The maximum atomic E-state index is 6.08. The minimum Gasteiger partial charge on any atom is -0.489 e. The number of aromatic nitrogens is 2.